The highest BCUT2D eigenvalue weighted by molar-refractivity contribution is 6.02. The number of benzene rings is 1. The maximum atomic E-state index is 14.4. The highest BCUT2D eigenvalue weighted by Crippen LogP contribution is 2.20. The smallest absolute Gasteiger partial charge is 0.268 e. The molecule has 58 heavy (non-hydrogen) atoms. The second-order valence-corrected chi connectivity index (χ2v) is 17.2. The Morgan fingerprint density at radius 1 is 0.707 bits per heavy atom. The van der Waals surface area contributed by atoms with Crippen LogP contribution in [-0.4, -0.2) is 94.4 Å². The number of aliphatic hydroxyl groups excluding tert-OH is 1. The maximum Gasteiger partial charge on any atom is 0.268 e. The Labute approximate surface area is 343 Å². The van der Waals surface area contributed by atoms with Gasteiger partial charge in [0.05, 0.1) is 6.10 Å². The number of aromatic nitrogens is 1. The van der Waals surface area contributed by atoms with Crippen molar-refractivity contribution in [3.05, 3.63) is 47.3 Å². The van der Waals surface area contributed by atoms with Gasteiger partial charge in [-0.3, -0.25) is 28.8 Å². The Bertz CT molecular complexity index is 1780. The number of amides is 6. The molecule has 2 aromatic rings. The first-order valence-electron chi connectivity index (χ1n) is 20.7. The fourth-order valence-electron chi connectivity index (χ4n) is 6.96. The largest absolute Gasteiger partial charge is 0.391 e. The minimum atomic E-state index is -1.21. The van der Waals surface area contributed by atoms with E-state index in [9.17, 15) is 33.9 Å². The molecule has 1 fully saturated rings. The van der Waals surface area contributed by atoms with Gasteiger partial charge in [-0.25, -0.2) is 0 Å². The standard InChI is InChI=1S/C43H68N8O7/c1-12-15-33(52)37-43(58)51-34(24(6)7)40(55)47-31(19-27-20-44-29-17-14-13-16-28(27)29)38(53)46-30(18-22(2)3)39(54)49-36(26(10)11)42(57)50-35(25(8)9)41(56)48-32(21-45-37)23(4)5/h13-14,16-17,20,22-23,25-26,30-33,35-37,44-45,52H,12,15,18-19,21H2,1-11H3,(H,46,53)(H,47,55)(H,48,56)(H,49,54)(H,50,57)(H,51,58)/t30-,31+,32-,33?,35-,36+,37+/m1/s1. The topological polar surface area (TPSA) is 223 Å². The lowest BCUT2D eigenvalue weighted by atomic mass is 9.97. The predicted molar refractivity (Wildman–Crippen MR) is 225 cm³/mol. The Morgan fingerprint density at radius 2 is 1.29 bits per heavy atom. The molecule has 0 saturated carbocycles. The molecule has 2 heterocycles. The van der Waals surface area contributed by atoms with Gasteiger partial charge >= 0.3 is 0 Å². The highest BCUT2D eigenvalue weighted by Gasteiger charge is 2.36. The van der Waals surface area contributed by atoms with E-state index in [-0.39, 0.29) is 49.3 Å². The van der Waals surface area contributed by atoms with Gasteiger partial charge in [-0.2, -0.15) is 0 Å². The van der Waals surface area contributed by atoms with Crippen LogP contribution in [0.5, 0.6) is 0 Å². The van der Waals surface area contributed by atoms with Crippen LogP contribution in [0.2, 0.25) is 0 Å². The Morgan fingerprint density at radius 3 is 1.86 bits per heavy atom. The second kappa shape index (κ2) is 21.8. The van der Waals surface area contributed by atoms with E-state index in [2.05, 4.69) is 42.2 Å². The zero-order valence-electron chi connectivity index (χ0n) is 36.2. The average molecular weight is 809 g/mol. The van der Waals surface area contributed by atoms with Crippen LogP contribution in [0.1, 0.15) is 101 Å². The molecule has 6 amide bonds. The number of hydrogen-bond acceptors (Lipinski definition) is 8. The summed E-state index contributed by atoms with van der Waals surface area (Å²) in [5, 5.41) is 32.3. The number of aliphatic hydroxyl groups is 1. The van der Waals surface area contributed by atoms with Crippen molar-refractivity contribution in [1.82, 2.24) is 42.2 Å². The molecule has 15 heteroatoms. The van der Waals surface area contributed by atoms with Crippen molar-refractivity contribution in [2.45, 2.75) is 144 Å². The van der Waals surface area contributed by atoms with Gasteiger partial charge in [0.15, 0.2) is 0 Å². The van der Waals surface area contributed by atoms with E-state index >= 15 is 0 Å². The number of rotatable bonds is 10. The Kier molecular flexibility index (Phi) is 17.9. The summed E-state index contributed by atoms with van der Waals surface area (Å²) in [6, 6.07) is 1.49. The van der Waals surface area contributed by atoms with Crippen LogP contribution in [0.4, 0.5) is 0 Å². The summed E-state index contributed by atoms with van der Waals surface area (Å²) in [4.78, 5) is 87.6. The molecule has 1 aliphatic heterocycles. The third-order valence-corrected chi connectivity index (χ3v) is 10.5. The first-order chi connectivity index (χ1) is 27.2. The molecule has 9 N–H and O–H groups in total. The first kappa shape index (κ1) is 47.6. The Hall–Kier alpha value is -4.76. The van der Waals surface area contributed by atoms with Crippen LogP contribution in [0.3, 0.4) is 0 Å². The average Bonchev–Trinajstić information content (AvgIpc) is 3.55. The molecular weight excluding hydrogens is 741 g/mol. The molecule has 3 rings (SSSR count). The molecule has 0 bridgehead atoms. The number of fused-ring (bicyclic) bond motifs is 1. The SMILES string of the molecule is CCCC(O)[C@@H]1NC[C@H](C(C)C)NC(=O)[C@@H](C(C)C)NC(=O)[C@H](C(C)C)NC(=O)[C@@H](CC(C)C)NC(=O)[C@H](Cc2c[nH]c3ccccc23)NC(=O)C(=C(C)C)NC1=O. The van der Waals surface area contributed by atoms with Gasteiger partial charge in [-0.05, 0) is 67.6 Å². The number of allylic oxidation sites excluding steroid dienone is 1. The normalized spacial score (nSPS) is 24.5. The number of nitrogens with one attached hydrogen (secondary N) is 8. The van der Waals surface area contributed by atoms with Crippen molar-refractivity contribution in [2.24, 2.45) is 23.7 Å². The lowest BCUT2D eigenvalue weighted by molar-refractivity contribution is -0.135. The minimum absolute atomic E-state index is 0.0340. The highest BCUT2D eigenvalue weighted by atomic mass is 16.3. The predicted octanol–water partition coefficient (Wildman–Crippen LogP) is 2.69. The summed E-state index contributed by atoms with van der Waals surface area (Å²) in [6.07, 6.45) is 1.71. The lowest BCUT2D eigenvalue weighted by Crippen LogP contribution is -2.61. The maximum absolute atomic E-state index is 14.4. The minimum Gasteiger partial charge on any atom is -0.391 e. The third kappa shape index (κ3) is 13.1. The van der Waals surface area contributed by atoms with Crippen molar-refractivity contribution < 1.29 is 33.9 Å². The van der Waals surface area contributed by atoms with Crippen LogP contribution >= 0.6 is 0 Å². The van der Waals surface area contributed by atoms with E-state index in [1.165, 1.54) is 0 Å². The zero-order valence-corrected chi connectivity index (χ0v) is 36.2. The van der Waals surface area contributed by atoms with Gasteiger partial charge in [-0.1, -0.05) is 86.9 Å². The summed E-state index contributed by atoms with van der Waals surface area (Å²) in [7, 11) is 0. The van der Waals surface area contributed by atoms with Crippen LogP contribution in [0.25, 0.3) is 10.9 Å². The van der Waals surface area contributed by atoms with Crippen molar-refractivity contribution in [3.8, 4) is 0 Å². The van der Waals surface area contributed by atoms with Gasteiger partial charge in [0.2, 0.25) is 29.5 Å². The van der Waals surface area contributed by atoms with E-state index in [1.54, 1.807) is 47.7 Å². The zero-order chi connectivity index (χ0) is 43.4. The molecule has 7 atom stereocenters. The lowest BCUT2D eigenvalue weighted by Gasteiger charge is -2.31. The number of para-hydroxylation sites is 1. The molecular formula is C43H68N8O7. The molecule has 322 valence electrons. The fourth-order valence-corrected chi connectivity index (χ4v) is 6.96. The Balaban J connectivity index is 2.17. The fraction of sp³-hybridized carbons (Fsp3) is 0.628. The quantitative estimate of drug-likeness (QED) is 0.162. The van der Waals surface area contributed by atoms with Crippen molar-refractivity contribution in [2.75, 3.05) is 6.54 Å². The van der Waals surface area contributed by atoms with Gasteiger partial charge in [-0.15, -0.1) is 0 Å². The number of carbonyl (C=O) groups excluding carboxylic acids is 6. The third-order valence-electron chi connectivity index (χ3n) is 10.5. The second-order valence-electron chi connectivity index (χ2n) is 17.2. The van der Waals surface area contributed by atoms with Crippen molar-refractivity contribution in [1.29, 1.82) is 0 Å². The molecule has 1 aromatic heterocycles. The summed E-state index contributed by atoms with van der Waals surface area (Å²) < 4.78 is 0. The van der Waals surface area contributed by atoms with E-state index in [0.29, 0.717) is 12.0 Å². The summed E-state index contributed by atoms with van der Waals surface area (Å²) in [5.74, 6) is -4.59. The van der Waals surface area contributed by atoms with Crippen molar-refractivity contribution >= 4 is 46.3 Å². The molecule has 0 radical (unpaired) electrons. The molecule has 1 unspecified atom stereocenters. The molecule has 1 saturated heterocycles. The number of hydrogen-bond donors (Lipinski definition) is 9. The van der Waals surface area contributed by atoms with Crippen molar-refractivity contribution in [3.63, 3.8) is 0 Å². The molecule has 1 aliphatic rings. The summed E-state index contributed by atoms with van der Waals surface area (Å²) >= 11 is 0. The van der Waals surface area contributed by atoms with Crippen LogP contribution in [0.15, 0.2) is 41.7 Å². The van der Waals surface area contributed by atoms with Crippen LogP contribution in [-0.2, 0) is 35.2 Å². The van der Waals surface area contributed by atoms with Crippen LogP contribution < -0.4 is 37.2 Å². The number of H-pyrrole nitrogens is 1. The summed E-state index contributed by atoms with van der Waals surface area (Å²) in [6.45, 7) is 20.0. The molecule has 0 aliphatic carbocycles. The van der Waals surface area contributed by atoms with E-state index < -0.39 is 83.7 Å². The van der Waals surface area contributed by atoms with Gasteiger partial charge in [0.25, 0.3) is 5.91 Å². The molecule has 0 spiro atoms. The van der Waals surface area contributed by atoms with E-state index in [1.807, 2.05) is 58.9 Å². The van der Waals surface area contributed by atoms with Crippen LogP contribution in [0, 0.1) is 23.7 Å². The van der Waals surface area contributed by atoms with Gasteiger partial charge in [0, 0.05) is 36.1 Å². The number of carbonyl (C=O) groups is 6. The monoisotopic (exact) mass is 809 g/mol. The van der Waals surface area contributed by atoms with E-state index in [0.717, 1.165) is 16.5 Å². The van der Waals surface area contributed by atoms with E-state index in [4.69, 9.17) is 0 Å². The summed E-state index contributed by atoms with van der Waals surface area (Å²) in [5.41, 5.74) is 1.91. The van der Waals surface area contributed by atoms with Gasteiger partial charge in [0.1, 0.15) is 35.9 Å². The van der Waals surface area contributed by atoms with Gasteiger partial charge < -0.3 is 47.3 Å². The number of aromatic amines is 1. The first-order valence-corrected chi connectivity index (χ1v) is 20.7. The molecule has 1 aromatic carbocycles. The molecule has 15 nitrogen and oxygen atoms in total.